The van der Waals surface area contributed by atoms with Gasteiger partial charge < -0.3 is 5.11 Å². The van der Waals surface area contributed by atoms with E-state index in [1.165, 1.54) is 0 Å². The van der Waals surface area contributed by atoms with Gasteiger partial charge in [-0.25, -0.2) is 0 Å². The molecule has 0 aliphatic heterocycles. The molecule has 1 unspecified atom stereocenters. The van der Waals surface area contributed by atoms with E-state index in [9.17, 15) is 5.11 Å². The average molecular weight is 358 g/mol. The van der Waals surface area contributed by atoms with E-state index in [-0.39, 0.29) is 0 Å². The van der Waals surface area contributed by atoms with Crippen LogP contribution in [0.4, 0.5) is 0 Å². The maximum Gasteiger partial charge on any atom is 0.279 e. The van der Waals surface area contributed by atoms with Crippen LogP contribution < -0.4 is 4.57 Å². The maximum absolute atomic E-state index is 11.8. The number of aryl methyl sites for hydroxylation is 1. The van der Waals surface area contributed by atoms with Crippen LogP contribution in [0.25, 0.3) is 16.3 Å². The van der Waals surface area contributed by atoms with Crippen LogP contribution in [-0.4, -0.2) is 5.11 Å². The summed E-state index contributed by atoms with van der Waals surface area (Å²) in [4.78, 5) is 0. The summed E-state index contributed by atoms with van der Waals surface area (Å²) in [5.41, 5.74) is 1.84. The summed E-state index contributed by atoms with van der Waals surface area (Å²) in [6.07, 6.45) is 3.87. The van der Waals surface area contributed by atoms with Crippen molar-refractivity contribution in [2.75, 3.05) is 0 Å². The normalized spacial score (nSPS) is 13.9. The second-order valence-corrected chi connectivity index (χ2v) is 7.34. The molecule has 1 aromatic heterocycles. The van der Waals surface area contributed by atoms with Crippen molar-refractivity contribution in [2.45, 2.75) is 5.60 Å². The molecule has 1 N–H and O–H groups in total. The largest absolute Gasteiger partial charge is 0.371 e. The number of thiazole rings is 1. The lowest BCUT2D eigenvalue weighted by Gasteiger charge is -2.20. The highest BCUT2D eigenvalue weighted by molar-refractivity contribution is 7.18. The molecule has 0 aliphatic carbocycles. The predicted octanol–water partition coefficient (Wildman–Crippen LogP) is 4.68. The van der Waals surface area contributed by atoms with E-state index in [0.717, 1.165) is 26.4 Å². The number of benzene rings is 3. The Hall–Kier alpha value is -2.75. The van der Waals surface area contributed by atoms with Gasteiger partial charge in [-0.15, -0.1) is 0 Å². The molecule has 26 heavy (non-hydrogen) atoms. The van der Waals surface area contributed by atoms with E-state index in [2.05, 4.69) is 16.7 Å². The summed E-state index contributed by atoms with van der Waals surface area (Å²) in [5, 5.41) is 12.7. The van der Waals surface area contributed by atoms with E-state index >= 15 is 0 Å². The number of hydrogen-bond acceptors (Lipinski definition) is 2. The second kappa shape index (κ2) is 6.87. The van der Waals surface area contributed by atoms with Gasteiger partial charge in [0.25, 0.3) is 5.01 Å². The highest BCUT2D eigenvalue weighted by Gasteiger charge is 2.39. The van der Waals surface area contributed by atoms with Gasteiger partial charge in [0.2, 0.25) is 11.1 Å². The van der Waals surface area contributed by atoms with Crippen molar-refractivity contribution in [3.05, 3.63) is 107 Å². The zero-order chi connectivity index (χ0) is 18.0. The van der Waals surface area contributed by atoms with Gasteiger partial charge in [0, 0.05) is 6.07 Å². The van der Waals surface area contributed by atoms with Crippen molar-refractivity contribution in [2.24, 2.45) is 7.05 Å². The summed E-state index contributed by atoms with van der Waals surface area (Å²) < 4.78 is 3.25. The molecule has 128 valence electrons. The Morgan fingerprint density at radius 1 is 0.846 bits per heavy atom. The van der Waals surface area contributed by atoms with Crippen molar-refractivity contribution in [3.8, 4) is 0 Å². The standard InChI is InChI=1S/C23H20NOS/c1-24-20-14-8-9-15-21(20)26-22(24)23(25,19-12-6-3-7-13-19)17-16-18-10-4-2-5-11-18/h2-17,25H,1H3/q+1/b17-16+. The maximum atomic E-state index is 11.8. The molecule has 3 heteroatoms. The first-order chi connectivity index (χ1) is 12.7. The van der Waals surface area contributed by atoms with Crippen molar-refractivity contribution in [1.29, 1.82) is 0 Å². The number of aromatic nitrogens is 1. The van der Waals surface area contributed by atoms with Gasteiger partial charge in [0.15, 0.2) is 0 Å². The van der Waals surface area contributed by atoms with Gasteiger partial charge in [0.1, 0.15) is 11.7 Å². The van der Waals surface area contributed by atoms with E-state index in [0.29, 0.717) is 0 Å². The van der Waals surface area contributed by atoms with Crippen LogP contribution >= 0.6 is 11.3 Å². The lowest BCUT2D eigenvalue weighted by molar-refractivity contribution is -0.653. The number of aliphatic hydroxyl groups is 1. The summed E-state index contributed by atoms with van der Waals surface area (Å²) in [5.74, 6) is 0. The Morgan fingerprint density at radius 3 is 2.15 bits per heavy atom. The van der Waals surface area contributed by atoms with Crippen LogP contribution in [0.1, 0.15) is 16.1 Å². The minimum atomic E-state index is -1.20. The highest BCUT2D eigenvalue weighted by atomic mass is 32.1. The van der Waals surface area contributed by atoms with Gasteiger partial charge >= 0.3 is 0 Å². The monoisotopic (exact) mass is 358 g/mol. The number of hydrogen-bond donors (Lipinski definition) is 1. The molecule has 0 aliphatic rings. The minimum Gasteiger partial charge on any atom is -0.371 e. The molecule has 2 nitrogen and oxygen atoms in total. The van der Waals surface area contributed by atoms with Crippen LogP contribution in [0.5, 0.6) is 0 Å². The van der Waals surface area contributed by atoms with Crippen molar-refractivity contribution < 1.29 is 9.67 Å². The predicted molar refractivity (Wildman–Crippen MR) is 108 cm³/mol. The van der Waals surface area contributed by atoms with Crippen LogP contribution in [0.15, 0.2) is 91.0 Å². The molecule has 1 atom stereocenters. The Balaban J connectivity index is 1.90. The van der Waals surface area contributed by atoms with Crippen molar-refractivity contribution in [3.63, 3.8) is 0 Å². The van der Waals surface area contributed by atoms with E-state index < -0.39 is 5.60 Å². The fraction of sp³-hybridized carbons (Fsp3) is 0.0870. The lowest BCUT2D eigenvalue weighted by Crippen LogP contribution is -2.40. The minimum absolute atomic E-state index is 0.856. The molecule has 0 radical (unpaired) electrons. The molecule has 0 saturated heterocycles. The number of rotatable bonds is 4. The first-order valence-electron chi connectivity index (χ1n) is 8.59. The molecule has 0 amide bonds. The first kappa shape index (κ1) is 16.7. The molecule has 1 heterocycles. The molecule has 4 aromatic rings. The van der Waals surface area contributed by atoms with E-state index in [4.69, 9.17) is 0 Å². The molecule has 0 bridgehead atoms. The quantitative estimate of drug-likeness (QED) is 0.527. The van der Waals surface area contributed by atoms with Crippen molar-refractivity contribution in [1.82, 2.24) is 0 Å². The summed E-state index contributed by atoms with van der Waals surface area (Å²) in [6, 6.07) is 28.1. The molecule has 0 spiro atoms. The molecular weight excluding hydrogens is 338 g/mol. The molecule has 4 rings (SSSR count). The number of nitrogens with zero attached hydrogens (tertiary/aromatic N) is 1. The summed E-state index contributed by atoms with van der Waals surface area (Å²) in [6.45, 7) is 0. The van der Waals surface area contributed by atoms with Crippen LogP contribution in [0, 0.1) is 0 Å². The fourth-order valence-corrected chi connectivity index (χ4v) is 4.44. The fourth-order valence-electron chi connectivity index (χ4n) is 3.20. The van der Waals surface area contributed by atoms with Gasteiger partial charge in [0.05, 0.1) is 0 Å². The third kappa shape index (κ3) is 2.96. The molecule has 3 aromatic carbocycles. The second-order valence-electron chi connectivity index (χ2n) is 6.31. The molecule has 0 fully saturated rings. The lowest BCUT2D eigenvalue weighted by atomic mass is 9.93. The Bertz CT molecular complexity index is 1050. The van der Waals surface area contributed by atoms with E-state index in [1.807, 2.05) is 92.0 Å². The number of fused-ring (bicyclic) bond motifs is 1. The third-order valence-corrected chi connectivity index (χ3v) is 5.94. The number of para-hydroxylation sites is 1. The zero-order valence-electron chi connectivity index (χ0n) is 14.5. The summed E-state index contributed by atoms with van der Waals surface area (Å²) >= 11 is 1.62. The highest BCUT2D eigenvalue weighted by Crippen LogP contribution is 2.35. The molecular formula is C23H20NOS+. The van der Waals surface area contributed by atoms with Crippen LogP contribution in [-0.2, 0) is 12.6 Å². The zero-order valence-corrected chi connectivity index (χ0v) is 15.4. The molecule has 0 saturated carbocycles. The van der Waals surface area contributed by atoms with Crippen LogP contribution in [0.3, 0.4) is 0 Å². The Kier molecular flexibility index (Phi) is 4.41. The van der Waals surface area contributed by atoms with Crippen molar-refractivity contribution >= 4 is 27.6 Å². The van der Waals surface area contributed by atoms with Gasteiger partial charge in [-0.3, -0.25) is 0 Å². The van der Waals surface area contributed by atoms with Gasteiger partial charge in [-0.1, -0.05) is 90.2 Å². The first-order valence-corrected chi connectivity index (χ1v) is 9.40. The topological polar surface area (TPSA) is 24.1 Å². The summed E-state index contributed by atoms with van der Waals surface area (Å²) in [7, 11) is 2.01. The smallest absolute Gasteiger partial charge is 0.279 e. The van der Waals surface area contributed by atoms with E-state index in [1.54, 1.807) is 11.3 Å². The van der Waals surface area contributed by atoms with Crippen LogP contribution in [0.2, 0.25) is 0 Å². The van der Waals surface area contributed by atoms with Gasteiger partial charge in [-0.2, -0.15) is 4.57 Å². The van der Waals surface area contributed by atoms with Gasteiger partial charge in [-0.05, 0) is 23.3 Å². The third-order valence-electron chi connectivity index (χ3n) is 4.59. The Labute approximate surface area is 157 Å². The average Bonchev–Trinajstić information content (AvgIpc) is 3.05. The SMILES string of the molecule is C[n+]1c(C(O)(/C=C/c2ccccc2)c2ccccc2)sc2ccccc21. The Morgan fingerprint density at radius 2 is 1.46 bits per heavy atom.